The van der Waals surface area contributed by atoms with Crippen LogP contribution >= 0.6 is 0 Å². The van der Waals surface area contributed by atoms with E-state index in [9.17, 15) is 13.2 Å². The van der Waals surface area contributed by atoms with Gasteiger partial charge in [-0.15, -0.1) is 0 Å². The molecule has 0 bridgehead atoms. The smallest absolute Gasteiger partial charge is 0.381 e. The fourth-order valence-electron chi connectivity index (χ4n) is 2.10. The molecule has 0 aromatic heterocycles. The van der Waals surface area contributed by atoms with Gasteiger partial charge in [-0.05, 0) is 19.8 Å². The Morgan fingerprint density at radius 3 is 2.41 bits per heavy atom. The molecule has 1 rings (SSSR count). The summed E-state index contributed by atoms with van der Waals surface area (Å²) in [6.45, 7) is 3.21. The van der Waals surface area contributed by atoms with Crippen LogP contribution < -0.4 is 5.32 Å². The van der Waals surface area contributed by atoms with Crippen molar-refractivity contribution in [2.45, 2.75) is 38.1 Å². The third kappa shape index (κ3) is 5.70. The average molecular weight is 254 g/mol. The Labute approximate surface area is 100 Å². The SMILES string of the molecule is COC1CCN(C(C)CNCC(F)(F)F)CC1. The molecular formula is C11H21F3N2O. The third-order valence-corrected chi connectivity index (χ3v) is 3.20. The molecule has 0 aromatic carbocycles. The second kappa shape index (κ2) is 6.56. The van der Waals surface area contributed by atoms with Crippen molar-refractivity contribution in [2.24, 2.45) is 0 Å². The van der Waals surface area contributed by atoms with Gasteiger partial charge in [-0.25, -0.2) is 0 Å². The van der Waals surface area contributed by atoms with Crippen molar-refractivity contribution in [1.82, 2.24) is 10.2 Å². The second-order valence-electron chi connectivity index (χ2n) is 4.57. The molecule has 1 saturated heterocycles. The lowest BCUT2D eigenvalue weighted by molar-refractivity contribution is -0.125. The first-order valence-electron chi connectivity index (χ1n) is 5.96. The zero-order valence-corrected chi connectivity index (χ0v) is 10.4. The molecule has 1 heterocycles. The quantitative estimate of drug-likeness (QED) is 0.807. The standard InChI is InChI=1S/C11H21F3N2O/c1-9(7-15-8-11(12,13)14)16-5-3-10(17-2)4-6-16/h9-10,15H,3-8H2,1-2H3. The van der Waals surface area contributed by atoms with E-state index in [0.29, 0.717) is 12.6 Å². The number of alkyl halides is 3. The normalized spacial score (nSPS) is 21.7. The summed E-state index contributed by atoms with van der Waals surface area (Å²) in [4.78, 5) is 2.21. The summed E-state index contributed by atoms with van der Waals surface area (Å²) in [5.41, 5.74) is 0. The summed E-state index contributed by atoms with van der Waals surface area (Å²) in [5.74, 6) is 0. The van der Waals surface area contributed by atoms with Crippen molar-refractivity contribution < 1.29 is 17.9 Å². The van der Waals surface area contributed by atoms with Crippen molar-refractivity contribution in [3.8, 4) is 0 Å². The van der Waals surface area contributed by atoms with E-state index in [1.807, 2.05) is 6.92 Å². The van der Waals surface area contributed by atoms with E-state index in [1.54, 1.807) is 7.11 Å². The lowest BCUT2D eigenvalue weighted by Crippen LogP contribution is -2.47. The third-order valence-electron chi connectivity index (χ3n) is 3.20. The fraction of sp³-hybridized carbons (Fsp3) is 1.00. The number of nitrogens with one attached hydrogen (secondary N) is 1. The maximum atomic E-state index is 12.0. The number of piperidine rings is 1. The predicted octanol–water partition coefficient (Wildman–Crippen LogP) is 1.64. The van der Waals surface area contributed by atoms with E-state index < -0.39 is 12.7 Å². The minimum atomic E-state index is -4.12. The van der Waals surface area contributed by atoms with E-state index >= 15 is 0 Å². The number of likely N-dealkylation sites (tertiary alicyclic amines) is 1. The maximum absolute atomic E-state index is 12.0. The second-order valence-corrected chi connectivity index (χ2v) is 4.57. The van der Waals surface area contributed by atoms with Crippen LogP contribution in [0.2, 0.25) is 0 Å². The van der Waals surface area contributed by atoms with Gasteiger partial charge in [0.05, 0.1) is 12.6 Å². The molecule has 1 N–H and O–H groups in total. The van der Waals surface area contributed by atoms with Crippen LogP contribution in [-0.2, 0) is 4.74 Å². The first-order chi connectivity index (χ1) is 7.92. The van der Waals surface area contributed by atoms with Crippen LogP contribution in [0.1, 0.15) is 19.8 Å². The molecule has 102 valence electrons. The molecule has 0 amide bonds. The summed E-state index contributed by atoms with van der Waals surface area (Å²) in [6, 6.07) is 0.134. The Balaban J connectivity index is 2.18. The topological polar surface area (TPSA) is 24.5 Å². The van der Waals surface area contributed by atoms with Gasteiger partial charge in [-0.1, -0.05) is 0 Å². The summed E-state index contributed by atoms with van der Waals surface area (Å²) < 4.78 is 41.1. The van der Waals surface area contributed by atoms with Crippen molar-refractivity contribution in [3.05, 3.63) is 0 Å². The molecule has 1 aliphatic rings. The van der Waals surface area contributed by atoms with Crippen molar-refractivity contribution in [2.75, 3.05) is 33.3 Å². The number of hydrogen-bond donors (Lipinski definition) is 1. The first-order valence-corrected chi connectivity index (χ1v) is 5.96. The summed E-state index contributed by atoms with van der Waals surface area (Å²) in [5, 5.41) is 2.45. The fourth-order valence-corrected chi connectivity index (χ4v) is 2.10. The average Bonchev–Trinajstić information content (AvgIpc) is 2.27. The van der Waals surface area contributed by atoms with Crippen molar-refractivity contribution in [3.63, 3.8) is 0 Å². The lowest BCUT2D eigenvalue weighted by atomic mass is 10.1. The molecule has 0 radical (unpaired) electrons. The van der Waals surface area contributed by atoms with Crippen LogP contribution in [0.3, 0.4) is 0 Å². The predicted molar refractivity (Wildman–Crippen MR) is 60.0 cm³/mol. The maximum Gasteiger partial charge on any atom is 0.401 e. The summed E-state index contributed by atoms with van der Waals surface area (Å²) in [6.07, 6.45) is -1.90. The van der Waals surface area contributed by atoms with Crippen molar-refractivity contribution in [1.29, 1.82) is 0 Å². The zero-order chi connectivity index (χ0) is 12.9. The number of nitrogens with zero attached hydrogens (tertiary/aromatic N) is 1. The highest BCUT2D eigenvalue weighted by atomic mass is 19.4. The molecular weight excluding hydrogens is 233 g/mol. The van der Waals surface area contributed by atoms with Crippen LogP contribution in [0, 0.1) is 0 Å². The van der Waals surface area contributed by atoms with Gasteiger partial charge in [-0.2, -0.15) is 13.2 Å². The van der Waals surface area contributed by atoms with Gasteiger partial charge in [0, 0.05) is 32.8 Å². The molecule has 3 nitrogen and oxygen atoms in total. The minimum Gasteiger partial charge on any atom is -0.381 e. The van der Waals surface area contributed by atoms with E-state index in [2.05, 4.69) is 10.2 Å². The molecule has 0 aliphatic carbocycles. The van der Waals surface area contributed by atoms with E-state index in [4.69, 9.17) is 4.74 Å². The van der Waals surface area contributed by atoms with E-state index in [1.165, 1.54) is 0 Å². The van der Waals surface area contributed by atoms with Gasteiger partial charge >= 0.3 is 6.18 Å². The number of methoxy groups -OCH3 is 1. The van der Waals surface area contributed by atoms with E-state index in [-0.39, 0.29) is 6.04 Å². The number of ether oxygens (including phenoxy) is 1. The Morgan fingerprint density at radius 2 is 1.94 bits per heavy atom. The molecule has 1 fully saturated rings. The van der Waals surface area contributed by atoms with Crippen molar-refractivity contribution >= 4 is 0 Å². The molecule has 0 aromatic rings. The van der Waals surface area contributed by atoms with Gasteiger partial charge in [-0.3, -0.25) is 4.90 Å². The van der Waals surface area contributed by atoms with Crippen LogP contribution in [0.5, 0.6) is 0 Å². The largest absolute Gasteiger partial charge is 0.401 e. The van der Waals surface area contributed by atoms with Crippen LogP contribution in [0.25, 0.3) is 0 Å². The van der Waals surface area contributed by atoms with Crippen LogP contribution in [0.15, 0.2) is 0 Å². The van der Waals surface area contributed by atoms with Crippen LogP contribution in [0.4, 0.5) is 13.2 Å². The van der Waals surface area contributed by atoms with Gasteiger partial charge in [0.1, 0.15) is 0 Å². The van der Waals surface area contributed by atoms with E-state index in [0.717, 1.165) is 25.9 Å². The van der Waals surface area contributed by atoms with Gasteiger partial charge in [0.25, 0.3) is 0 Å². The highest BCUT2D eigenvalue weighted by Gasteiger charge is 2.27. The Bertz CT molecular complexity index is 215. The molecule has 1 aliphatic heterocycles. The Hall–Kier alpha value is -0.330. The van der Waals surface area contributed by atoms with Gasteiger partial charge < -0.3 is 10.1 Å². The molecule has 1 atom stereocenters. The lowest BCUT2D eigenvalue weighted by Gasteiger charge is -2.35. The van der Waals surface area contributed by atoms with Crippen LogP contribution in [-0.4, -0.2) is 56.5 Å². The van der Waals surface area contributed by atoms with Gasteiger partial charge in [0.2, 0.25) is 0 Å². The first kappa shape index (κ1) is 14.7. The molecule has 0 spiro atoms. The molecule has 0 saturated carbocycles. The number of halogens is 3. The number of rotatable bonds is 5. The minimum absolute atomic E-state index is 0.134. The Kier molecular flexibility index (Phi) is 5.69. The molecule has 6 heteroatoms. The highest BCUT2D eigenvalue weighted by Crippen LogP contribution is 2.15. The van der Waals surface area contributed by atoms with Gasteiger partial charge in [0.15, 0.2) is 0 Å². The highest BCUT2D eigenvalue weighted by molar-refractivity contribution is 4.77. The summed E-state index contributed by atoms with van der Waals surface area (Å²) >= 11 is 0. The zero-order valence-electron chi connectivity index (χ0n) is 10.4. The number of hydrogen-bond acceptors (Lipinski definition) is 3. The summed E-state index contributed by atoms with van der Waals surface area (Å²) in [7, 11) is 1.70. The monoisotopic (exact) mass is 254 g/mol. The molecule has 17 heavy (non-hydrogen) atoms. The Morgan fingerprint density at radius 1 is 1.35 bits per heavy atom. The molecule has 1 unspecified atom stereocenters.